The van der Waals surface area contributed by atoms with Crippen molar-refractivity contribution >= 4 is 0 Å². The molecule has 0 aliphatic carbocycles. The van der Waals surface area contributed by atoms with E-state index in [-0.39, 0.29) is 11.9 Å². The summed E-state index contributed by atoms with van der Waals surface area (Å²) in [5, 5.41) is 12.4. The predicted molar refractivity (Wildman–Crippen MR) is 107 cm³/mol. The average Bonchev–Trinajstić information content (AvgIpc) is 3.34. The van der Waals surface area contributed by atoms with E-state index >= 15 is 0 Å². The fraction of sp³-hybridized carbons (Fsp3) is 0.182. The van der Waals surface area contributed by atoms with Crippen molar-refractivity contribution in [2.75, 3.05) is 0 Å². The molecule has 0 spiro atoms. The lowest BCUT2D eigenvalue weighted by atomic mass is 10.1. The molecule has 5 nitrogen and oxygen atoms in total. The van der Waals surface area contributed by atoms with Gasteiger partial charge in [-0.05, 0) is 44.2 Å². The lowest BCUT2D eigenvalue weighted by molar-refractivity contribution is 0.571. The van der Waals surface area contributed by atoms with E-state index in [0.29, 0.717) is 6.54 Å². The summed E-state index contributed by atoms with van der Waals surface area (Å²) >= 11 is 0. The molecule has 1 atom stereocenters. The number of nitrogens with zero attached hydrogens (tertiary/aromatic N) is 4. The third-order valence-electron chi connectivity index (χ3n) is 4.84. The standard InChI is InChI=1S/C22H22FN5/c1-16(22-14-26-28(17(22)2)21-10-6-7-19(23)11-21)24-12-18-13-25-27(15-18)20-8-4-3-5-9-20/h3-11,13-16,24H,12H2,1-2H3/t16-/m1/s1. The molecular weight excluding hydrogens is 353 g/mol. The molecule has 0 saturated carbocycles. The van der Waals surface area contributed by atoms with Crippen LogP contribution in [0.15, 0.2) is 73.2 Å². The highest BCUT2D eigenvalue weighted by atomic mass is 19.1. The number of hydrogen-bond donors (Lipinski definition) is 1. The maximum atomic E-state index is 13.5. The summed E-state index contributed by atoms with van der Waals surface area (Å²) in [6.07, 6.45) is 5.74. The Kier molecular flexibility index (Phi) is 5.04. The summed E-state index contributed by atoms with van der Waals surface area (Å²) in [5.74, 6) is -0.268. The number of para-hydroxylation sites is 1. The van der Waals surface area contributed by atoms with Crippen LogP contribution < -0.4 is 5.32 Å². The summed E-state index contributed by atoms with van der Waals surface area (Å²) in [4.78, 5) is 0. The van der Waals surface area contributed by atoms with E-state index in [9.17, 15) is 4.39 Å². The highest BCUT2D eigenvalue weighted by Crippen LogP contribution is 2.21. The quantitative estimate of drug-likeness (QED) is 0.545. The highest BCUT2D eigenvalue weighted by molar-refractivity contribution is 5.36. The molecule has 6 heteroatoms. The molecule has 0 bridgehead atoms. The molecule has 4 rings (SSSR count). The summed E-state index contributed by atoms with van der Waals surface area (Å²) < 4.78 is 17.2. The molecule has 0 amide bonds. The molecule has 0 aliphatic rings. The third kappa shape index (κ3) is 3.73. The average molecular weight is 375 g/mol. The molecule has 0 radical (unpaired) electrons. The molecule has 142 valence electrons. The molecule has 2 aromatic carbocycles. The first-order valence-corrected chi connectivity index (χ1v) is 9.24. The van der Waals surface area contributed by atoms with E-state index in [1.54, 1.807) is 10.7 Å². The molecule has 2 heterocycles. The molecular formula is C22H22FN5. The van der Waals surface area contributed by atoms with Crippen LogP contribution in [-0.2, 0) is 6.54 Å². The van der Waals surface area contributed by atoms with Gasteiger partial charge in [-0.25, -0.2) is 13.8 Å². The molecule has 2 aromatic heterocycles. The SMILES string of the molecule is Cc1c([C@@H](C)NCc2cnn(-c3ccccc3)c2)cnn1-c1cccc(F)c1. The van der Waals surface area contributed by atoms with Gasteiger partial charge in [0.1, 0.15) is 5.82 Å². The van der Waals surface area contributed by atoms with Crippen LogP contribution in [-0.4, -0.2) is 19.6 Å². The first-order valence-electron chi connectivity index (χ1n) is 9.24. The third-order valence-corrected chi connectivity index (χ3v) is 4.84. The molecule has 0 unspecified atom stereocenters. The van der Waals surface area contributed by atoms with Gasteiger partial charge in [-0.2, -0.15) is 10.2 Å². The number of rotatable bonds is 6. The van der Waals surface area contributed by atoms with E-state index < -0.39 is 0 Å². The zero-order chi connectivity index (χ0) is 19.5. The van der Waals surface area contributed by atoms with E-state index in [4.69, 9.17) is 0 Å². The minimum atomic E-state index is -0.268. The number of nitrogens with one attached hydrogen (secondary N) is 1. The van der Waals surface area contributed by atoms with Crippen LogP contribution in [0.3, 0.4) is 0 Å². The van der Waals surface area contributed by atoms with Crippen molar-refractivity contribution in [1.29, 1.82) is 0 Å². The van der Waals surface area contributed by atoms with E-state index in [0.717, 1.165) is 28.2 Å². The van der Waals surface area contributed by atoms with Crippen LogP contribution in [0.1, 0.15) is 29.8 Å². The van der Waals surface area contributed by atoms with Crippen LogP contribution in [0.25, 0.3) is 11.4 Å². The smallest absolute Gasteiger partial charge is 0.125 e. The van der Waals surface area contributed by atoms with Gasteiger partial charge in [0.15, 0.2) is 0 Å². The first-order chi connectivity index (χ1) is 13.6. The van der Waals surface area contributed by atoms with Crippen molar-refractivity contribution < 1.29 is 4.39 Å². The molecule has 28 heavy (non-hydrogen) atoms. The zero-order valence-corrected chi connectivity index (χ0v) is 15.9. The second-order valence-electron chi connectivity index (χ2n) is 6.81. The van der Waals surface area contributed by atoms with Crippen molar-refractivity contribution in [3.8, 4) is 11.4 Å². The minimum absolute atomic E-state index is 0.0994. The van der Waals surface area contributed by atoms with Crippen LogP contribution in [0.4, 0.5) is 4.39 Å². The fourth-order valence-corrected chi connectivity index (χ4v) is 3.27. The maximum Gasteiger partial charge on any atom is 0.125 e. The van der Waals surface area contributed by atoms with Crippen LogP contribution in [0.5, 0.6) is 0 Å². The molecule has 1 N–H and O–H groups in total. The van der Waals surface area contributed by atoms with Gasteiger partial charge in [-0.1, -0.05) is 24.3 Å². The highest BCUT2D eigenvalue weighted by Gasteiger charge is 2.14. The van der Waals surface area contributed by atoms with E-state index in [2.05, 4.69) is 22.4 Å². The van der Waals surface area contributed by atoms with Crippen molar-refractivity contribution in [2.24, 2.45) is 0 Å². The Morgan fingerprint density at radius 3 is 2.57 bits per heavy atom. The van der Waals surface area contributed by atoms with Gasteiger partial charge < -0.3 is 5.32 Å². The molecule has 0 fully saturated rings. The first kappa shape index (κ1) is 18.1. The normalized spacial score (nSPS) is 12.2. The zero-order valence-electron chi connectivity index (χ0n) is 15.9. The Bertz CT molecular complexity index is 1070. The number of halogens is 1. The van der Waals surface area contributed by atoms with Gasteiger partial charge in [0.25, 0.3) is 0 Å². The van der Waals surface area contributed by atoms with Gasteiger partial charge in [0, 0.05) is 35.6 Å². The minimum Gasteiger partial charge on any atom is -0.306 e. The van der Waals surface area contributed by atoms with E-state index in [1.807, 2.05) is 66.6 Å². The largest absolute Gasteiger partial charge is 0.306 e. The van der Waals surface area contributed by atoms with Crippen molar-refractivity contribution in [3.05, 3.63) is 95.8 Å². The van der Waals surface area contributed by atoms with Gasteiger partial charge in [-0.15, -0.1) is 0 Å². The van der Waals surface area contributed by atoms with Gasteiger partial charge in [0.05, 0.1) is 23.8 Å². The number of aromatic nitrogens is 4. The van der Waals surface area contributed by atoms with Crippen molar-refractivity contribution in [2.45, 2.75) is 26.4 Å². The lowest BCUT2D eigenvalue weighted by Gasteiger charge is -2.13. The van der Waals surface area contributed by atoms with E-state index in [1.165, 1.54) is 12.1 Å². The summed E-state index contributed by atoms with van der Waals surface area (Å²) in [6.45, 7) is 4.79. The van der Waals surface area contributed by atoms with Crippen molar-refractivity contribution in [3.63, 3.8) is 0 Å². The van der Waals surface area contributed by atoms with Gasteiger partial charge >= 0.3 is 0 Å². The fourth-order valence-electron chi connectivity index (χ4n) is 3.27. The maximum absolute atomic E-state index is 13.5. The number of benzene rings is 2. The van der Waals surface area contributed by atoms with Crippen LogP contribution in [0, 0.1) is 12.7 Å². The molecule has 0 saturated heterocycles. The Hall–Kier alpha value is -3.25. The Morgan fingerprint density at radius 2 is 1.79 bits per heavy atom. The summed E-state index contributed by atoms with van der Waals surface area (Å²) in [7, 11) is 0. The predicted octanol–water partition coefficient (Wildman–Crippen LogP) is 4.36. The monoisotopic (exact) mass is 375 g/mol. The Labute approximate surface area is 163 Å². The Balaban J connectivity index is 1.45. The molecule has 4 aromatic rings. The van der Waals surface area contributed by atoms with Gasteiger partial charge in [0.2, 0.25) is 0 Å². The van der Waals surface area contributed by atoms with Crippen LogP contribution in [0.2, 0.25) is 0 Å². The number of hydrogen-bond acceptors (Lipinski definition) is 3. The molecule has 0 aliphatic heterocycles. The van der Waals surface area contributed by atoms with Crippen molar-refractivity contribution in [1.82, 2.24) is 24.9 Å². The topological polar surface area (TPSA) is 47.7 Å². The second-order valence-corrected chi connectivity index (χ2v) is 6.81. The van der Waals surface area contributed by atoms with Crippen LogP contribution >= 0.6 is 0 Å². The Morgan fingerprint density at radius 1 is 1.00 bits per heavy atom. The lowest BCUT2D eigenvalue weighted by Crippen LogP contribution is -2.18. The second kappa shape index (κ2) is 7.78. The summed E-state index contributed by atoms with van der Waals surface area (Å²) in [6, 6.07) is 16.6. The summed E-state index contributed by atoms with van der Waals surface area (Å²) in [5.41, 5.74) is 4.94. The van der Waals surface area contributed by atoms with Gasteiger partial charge in [-0.3, -0.25) is 0 Å².